The lowest BCUT2D eigenvalue weighted by molar-refractivity contribution is 0.102. The molecule has 0 bridgehead atoms. The van der Waals surface area contributed by atoms with Crippen molar-refractivity contribution in [1.82, 2.24) is 0 Å². The highest BCUT2D eigenvalue weighted by Gasteiger charge is 2.13. The first-order valence-electron chi connectivity index (χ1n) is 8.47. The zero-order valence-electron chi connectivity index (χ0n) is 14.4. The largest absolute Gasteiger partial charge is 0.454 e. The molecule has 0 saturated heterocycles. The van der Waals surface area contributed by atoms with Crippen LogP contribution in [-0.4, -0.2) is 12.7 Å². The fourth-order valence-corrected chi connectivity index (χ4v) is 2.73. The van der Waals surface area contributed by atoms with Gasteiger partial charge in [-0.2, -0.15) is 0 Å². The molecule has 3 aromatic rings. The van der Waals surface area contributed by atoms with E-state index in [1.165, 1.54) is 24.3 Å². The van der Waals surface area contributed by atoms with Crippen LogP contribution in [0.15, 0.2) is 66.7 Å². The Hall–Kier alpha value is -3.54. The van der Waals surface area contributed by atoms with E-state index in [1.807, 2.05) is 42.5 Å². The van der Waals surface area contributed by atoms with Gasteiger partial charge in [0, 0.05) is 23.5 Å². The Balaban J connectivity index is 1.34. The molecular weight excluding hydrogens is 347 g/mol. The summed E-state index contributed by atoms with van der Waals surface area (Å²) in [7, 11) is 0. The summed E-state index contributed by atoms with van der Waals surface area (Å²) in [5.41, 5.74) is 3.07. The van der Waals surface area contributed by atoms with Gasteiger partial charge in [-0.05, 0) is 66.2 Å². The van der Waals surface area contributed by atoms with Gasteiger partial charge < -0.3 is 20.1 Å². The van der Waals surface area contributed by atoms with Crippen LogP contribution in [0.2, 0.25) is 0 Å². The van der Waals surface area contributed by atoms with Gasteiger partial charge in [-0.25, -0.2) is 4.39 Å². The van der Waals surface area contributed by atoms with Gasteiger partial charge in [0.25, 0.3) is 5.91 Å². The molecule has 5 nitrogen and oxygen atoms in total. The number of ether oxygens (including phenoxy) is 2. The Morgan fingerprint density at radius 2 is 1.59 bits per heavy atom. The van der Waals surface area contributed by atoms with E-state index in [0.717, 1.165) is 22.7 Å². The van der Waals surface area contributed by atoms with Crippen molar-refractivity contribution in [1.29, 1.82) is 0 Å². The standard InChI is InChI=1S/C21H17FN2O3/c22-16-4-2-15(3-5-16)21(25)24-18-8-6-17(7-9-18)23-12-14-1-10-19-20(11-14)27-13-26-19/h1-11,23H,12-13H2,(H,24,25). The molecule has 4 rings (SSSR count). The van der Waals surface area contributed by atoms with Gasteiger partial charge in [-0.15, -0.1) is 0 Å². The summed E-state index contributed by atoms with van der Waals surface area (Å²) < 4.78 is 23.6. The Morgan fingerprint density at radius 1 is 0.889 bits per heavy atom. The molecule has 0 unspecified atom stereocenters. The second kappa shape index (κ2) is 7.37. The van der Waals surface area contributed by atoms with Crippen molar-refractivity contribution in [2.24, 2.45) is 0 Å². The molecule has 2 N–H and O–H groups in total. The van der Waals surface area contributed by atoms with Gasteiger partial charge in [0.1, 0.15) is 5.82 Å². The van der Waals surface area contributed by atoms with Crippen LogP contribution in [0.25, 0.3) is 0 Å². The minimum atomic E-state index is -0.371. The molecule has 0 radical (unpaired) electrons. The summed E-state index contributed by atoms with van der Waals surface area (Å²) in [5.74, 6) is 0.869. The zero-order chi connectivity index (χ0) is 18.6. The molecule has 0 aromatic heterocycles. The topological polar surface area (TPSA) is 59.6 Å². The molecule has 27 heavy (non-hydrogen) atoms. The van der Waals surface area contributed by atoms with E-state index in [2.05, 4.69) is 10.6 Å². The number of halogens is 1. The summed E-state index contributed by atoms with van der Waals surface area (Å²) in [6, 6.07) is 18.6. The lowest BCUT2D eigenvalue weighted by Crippen LogP contribution is -2.11. The number of carbonyl (C=O) groups excluding carboxylic acids is 1. The Bertz CT molecular complexity index is 956. The van der Waals surface area contributed by atoms with Crippen LogP contribution >= 0.6 is 0 Å². The van der Waals surface area contributed by atoms with Crippen molar-refractivity contribution in [3.05, 3.63) is 83.7 Å². The van der Waals surface area contributed by atoms with E-state index in [9.17, 15) is 9.18 Å². The average Bonchev–Trinajstić information content (AvgIpc) is 3.16. The molecule has 0 aliphatic carbocycles. The zero-order valence-corrected chi connectivity index (χ0v) is 14.4. The van der Waals surface area contributed by atoms with Gasteiger partial charge in [0.05, 0.1) is 0 Å². The highest BCUT2D eigenvalue weighted by molar-refractivity contribution is 6.04. The van der Waals surface area contributed by atoms with Crippen LogP contribution in [0.1, 0.15) is 15.9 Å². The number of nitrogens with one attached hydrogen (secondary N) is 2. The number of anilines is 2. The van der Waals surface area contributed by atoms with E-state index in [0.29, 0.717) is 17.8 Å². The third kappa shape index (κ3) is 4.00. The maximum Gasteiger partial charge on any atom is 0.255 e. The lowest BCUT2D eigenvalue weighted by atomic mass is 10.2. The summed E-state index contributed by atoms with van der Waals surface area (Å²) in [5, 5.41) is 6.11. The summed E-state index contributed by atoms with van der Waals surface area (Å²) in [4.78, 5) is 12.1. The van der Waals surface area contributed by atoms with Gasteiger partial charge in [-0.3, -0.25) is 4.79 Å². The minimum Gasteiger partial charge on any atom is -0.454 e. The first kappa shape index (κ1) is 16.9. The number of hydrogen-bond acceptors (Lipinski definition) is 4. The summed E-state index contributed by atoms with van der Waals surface area (Å²) in [6.45, 7) is 0.898. The predicted molar refractivity (Wildman–Crippen MR) is 101 cm³/mol. The SMILES string of the molecule is O=C(Nc1ccc(NCc2ccc3c(c2)OCO3)cc1)c1ccc(F)cc1. The van der Waals surface area contributed by atoms with Crippen LogP contribution in [0.5, 0.6) is 11.5 Å². The first-order valence-corrected chi connectivity index (χ1v) is 8.47. The Morgan fingerprint density at radius 3 is 2.37 bits per heavy atom. The van der Waals surface area contributed by atoms with Crippen molar-refractivity contribution in [3.63, 3.8) is 0 Å². The molecule has 6 heteroatoms. The highest BCUT2D eigenvalue weighted by atomic mass is 19.1. The molecule has 136 valence electrons. The van der Waals surface area contributed by atoms with E-state index in [1.54, 1.807) is 0 Å². The van der Waals surface area contributed by atoms with Crippen LogP contribution in [0.4, 0.5) is 15.8 Å². The summed E-state index contributed by atoms with van der Waals surface area (Å²) in [6.07, 6.45) is 0. The number of amides is 1. The molecular formula is C21H17FN2O3. The van der Waals surface area contributed by atoms with Crippen molar-refractivity contribution in [2.45, 2.75) is 6.54 Å². The van der Waals surface area contributed by atoms with Crippen LogP contribution < -0.4 is 20.1 Å². The second-order valence-electron chi connectivity index (χ2n) is 6.08. The van der Waals surface area contributed by atoms with E-state index in [-0.39, 0.29) is 18.5 Å². The molecule has 1 aliphatic heterocycles. The third-order valence-corrected chi connectivity index (χ3v) is 4.18. The molecule has 1 aliphatic rings. The van der Waals surface area contributed by atoms with Gasteiger partial charge in [0.2, 0.25) is 6.79 Å². The first-order chi connectivity index (χ1) is 13.2. The van der Waals surface area contributed by atoms with E-state index in [4.69, 9.17) is 9.47 Å². The van der Waals surface area contributed by atoms with Crippen molar-refractivity contribution < 1.29 is 18.7 Å². The molecule has 1 heterocycles. The monoisotopic (exact) mass is 364 g/mol. The van der Waals surface area contributed by atoms with Gasteiger partial charge >= 0.3 is 0 Å². The molecule has 0 fully saturated rings. The fraction of sp³-hybridized carbons (Fsp3) is 0.0952. The van der Waals surface area contributed by atoms with Gasteiger partial charge in [-0.1, -0.05) is 6.07 Å². The maximum absolute atomic E-state index is 12.9. The Labute approximate surface area is 155 Å². The maximum atomic E-state index is 12.9. The quantitative estimate of drug-likeness (QED) is 0.704. The van der Waals surface area contributed by atoms with Crippen LogP contribution in [0.3, 0.4) is 0 Å². The van der Waals surface area contributed by atoms with Crippen molar-refractivity contribution in [2.75, 3.05) is 17.4 Å². The number of rotatable bonds is 5. The average molecular weight is 364 g/mol. The normalized spacial score (nSPS) is 11.9. The van der Waals surface area contributed by atoms with Gasteiger partial charge in [0.15, 0.2) is 11.5 Å². The van der Waals surface area contributed by atoms with Crippen LogP contribution in [0, 0.1) is 5.82 Å². The second-order valence-corrected chi connectivity index (χ2v) is 6.08. The molecule has 0 saturated carbocycles. The third-order valence-electron chi connectivity index (χ3n) is 4.18. The van der Waals surface area contributed by atoms with E-state index < -0.39 is 0 Å². The molecule has 1 amide bonds. The predicted octanol–water partition coefficient (Wildman–Crippen LogP) is 4.42. The van der Waals surface area contributed by atoms with E-state index >= 15 is 0 Å². The minimum absolute atomic E-state index is 0.261. The Kier molecular flexibility index (Phi) is 4.61. The highest BCUT2D eigenvalue weighted by Crippen LogP contribution is 2.32. The lowest BCUT2D eigenvalue weighted by Gasteiger charge is -2.09. The fourth-order valence-electron chi connectivity index (χ4n) is 2.73. The van der Waals surface area contributed by atoms with Crippen molar-refractivity contribution >= 4 is 17.3 Å². The molecule has 0 atom stereocenters. The van der Waals surface area contributed by atoms with Crippen molar-refractivity contribution in [3.8, 4) is 11.5 Å². The summed E-state index contributed by atoms with van der Waals surface area (Å²) >= 11 is 0. The smallest absolute Gasteiger partial charge is 0.255 e. The number of benzene rings is 3. The number of fused-ring (bicyclic) bond motifs is 1. The number of hydrogen-bond donors (Lipinski definition) is 2. The van der Waals surface area contributed by atoms with Crippen LogP contribution in [-0.2, 0) is 6.54 Å². The number of carbonyl (C=O) groups is 1. The molecule has 3 aromatic carbocycles. The molecule has 0 spiro atoms.